The molecule has 0 bridgehead atoms. The van der Waals surface area contributed by atoms with Crippen LogP contribution in [0, 0.1) is 11.3 Å². The minimum atomic E-state index is -1.15. The quantitative estimate of drug-likeness (QED) is 0.417. The second kappa shape index (κ2) is 8.67. The van der Waals surface area contributed by atoms with Crippen molar-refractivity contribution in [1.82, 2.24) is 0 Å². The van der Waals surface area contributed by atoms with Gasteiger partial charge in [-0.2, -0.15) is 0 Å². The van der Waals surface area contributed by atoms with E-state index in [1.54, 1.807) is 25.2 Å². The van der Waals surface area contributed by atoms with Crippen LogP contribution in [-0.2, 0) is 14.3 Å². The van der Waals surface area contributed by atoms with E-state index in [0.717, 1.165) is 0 Å². The molecule has 0 radical (unpaired) electrons. The fraction of sp³-hybridized carbons (Fsp3) is 0.500. The molecular formula is C20H30O4. The fourth-order valence-corrected chi connectivity index (χ4v) is 2.16. The maximum atomic E-state index is 12.5. The molecule has 0 amide bonds. The number of carbonyl (C=O) groups is 2. The summed E-state index contributed by atoms with van der Waals surface area (Å²) in [6.45, 7) is 16.5. The lowest BCUT2D eigenvalue weighted by molar-refractivity contribution is -0.150. The molecule has 0 aromatic carbocycles. The second-order valence-corrected chi connectivity index (χ2v) is 7.32. The molecule has 24 heavy (non-hydrogen) atoms. The summed E-state index contributed by atoms with van der Waals surface area (Å²) in [5, 5.41) is 9.18. The fourth-order valence-electron chi connectivity index (χ4n) is 2.16. The highest BCUT2D eigenvalue weighted by molar-refractivity contribution is 5.89. The maximum Gasteiger partial charge on any atom is 0.334 e. The molecule has 0 aliphatic rings. The van der Waals surface area contributed by atoms with E-state index >= 15 is 0 Å². The topological polar surface area (TPSA) is 63.6 Å². The summed E-state index contributed by atoms with van der Waals surface area (Å²) in [4.78, 5) is 23.7. The normalized spacial score (nSPS) is 16.2. The number of rotatable bonds is 7. The number of esters is 1. The molecule has 0 aromatic heterocycles. The molecule has 1 atom stereocenters. The van der Waals surface area contributed by atoms with Gasteiger partial charge < -0.3 is 9.84 Å². The number of carbonyl (C=O) groups excluding carboxylic acids is 1. The van der Waals surface area contributed by atoms with Gasteiger partial charge in [0.2, 0.25) is 0 Å². The lowest BCUT2D eigenvalue weighted by Crippen LogP contribution is -2.37. The van der Waals surface area contributed by atoms with Crippen LogP contribution in [0.15, 0.2) is 48.1 Å². The molecule has 0 aromatic rings. The average molecular weight is 334 g/mol. The third-order valence-corrected chi connectivity index (χ3v) is 3.42. The van der Waals surface area contributed by atoms with E-state index in [9.17, 15) is 14.7 Å². The van der Waals surface area contributed by atoms with Gasteiger partial charge in [-0.05, 0) is 31.4 Å². The van der Waals surface area contributed by atoms with Gasteiger partial charge in [-0.1, -0.05) is 59.4 Å². The van der Waals surface area contributed by atoms with Gasteiger partial charge in [-0.25, -0.2) is 9.59 Å². The summed E-state index contributed by atoms with van der Waals surface area (Å²) in [5.41, 5.74) is -0.711. The van der Waals surface area contributed by atoms with Crippen molar-refractivity contribution in [1.29, 1.82) is 0 Å². The summed E-state index contributed by atoms with van der Waals surface area (Å²) in [6.07, 6.45) is 8.20. The minimum Gasteiger partial charge on any atom is -0.478 e. The van der Waals surface area contributed by atoms with Crippen LogP contribution in [0.25, 0.3) is 0 Å². The Balaban J connectivity index is 5.97. The number of carboxylic acids is 1. The Bertz CT molecular complexity index is 571. The molecule has 0 saturated carbocycles. The first kappa shape index (κ1) is 21.9. The van der Waals surface area contributed by atoms with E-state index in [1.807, 2.05) is 40.7 Å². The summed E-state index contributed by atoms with van der Waals surface area (Å²) in [6, 6.07) is 0. The van der Waals surface area contributed by atoms with Crippen LogP contribution in [-0.4, -0.2) is 22.6 Å². The van der Waals surface area contributed by atoms with Gasteiger partial charge in [0, 0.05) is 17.1 Å². The van der Waals surface area contributed by atoms with Gasteiger partial charge in [0.15, 0.2) is 5.60 Å². The first-order chi connectivity index (χ1) is 10.8. The van der Waals surface area contributed by atoms with Crippen LogP contribution < -0.4 is 0 Å². The molecule has 1 N–H and O–H groups in total. The van der Waals surface area contributed by atoms with Gasteiger partial charge in [-0.3, -0.25) is 0 Å². The van der Waals surface area contributed by atoms with E-state index in [-0.39, 0.29) is 16.9 Å². The van der Waals surface area contributed by atoms with Crippen molar-refractivity contribution < 1.29 is 19.4 Å². The van der Waals surface area contributed by atoms with Crippen LogP contribution in [0.4, 0.5) is 0 Å². The zero-order valence-electron chi connectivity index (χ0n) is 15.8. The molecule has 0 saturated heterocycles. The minimum absolute atomic E-state index is 0.114. The number of hydrogen-bond donors (Lipinski definition) is 1. The van der Waals surface area contributed by atoms with E-state index in [0.29, 0.717) is 5.57 Å². The SMILES string of the molecule is C=CC=CC(C=C(C)C(=O)O)(OC(=O)C(C)=CC(C)(C)C)C(C)C. The highest BCUT2D eigenvalue weighted by Gasteiger charge is 2.34. The van der Waals surface area contributed by atoms with Crippen LogP contribution in [0.2, 0.25) is 0 Å². The second-order valence-electron chi connectivity index (χ2n) is 7.32. The molecule has 0 aliphatic heterocycles. The van der Waals surface area contributed by atoms with Gasteiger partial charge in [0.25, 0.3) is 0 Å². The van der Waals surface area contributed by atoms with Crippen molar-refractivity contribution in [2.24, 2.45) is 11.3 Å². The van der Waals surface area contributed by atoms with Crippen molar-refractivity contribution in [2.45, 2.75) is 54.1 Å². The van der Waals surface area contributed by atoms with Gasteiger partial charge in [0.1, 0.15) is 0 Å². The Morgan fingerprint density at radius 3 is 2.00 bits per heavy atom. The first-order valence-electron chi connectivity index (χ1n) is 8.00. The van der Waals surface area contributed by atoms with Crippen LogP contribution in [0.3, 0.4) is 0 Å². The number of ether oxygens (including phenoxy) is 1. The molecule has 134 valence electrons. The number of hydrogen-bond acceptors (Lipinski definition) is 3. The van der Waals surface area contributed by atoms with E-state index in [1.165, 1.54) is 13.0 Å². The number of aliphatic carboxylic acids is 1. The summed E-state index contributed by atoms with van der Waals surface area (Å²) < 4.78 is 5.75. The van der Waals surface area contributed by atoms with Gasteiger partial charge in [-0.15, -0.1) is 0 Å². The van der Waals surface area contributed by atoms with Crippen molar-refractivity contribution in [2.75, 3.05) is 0 Å². The molecule has 0 rings (SSSR count). The molecule has 1 unspecified atom stereocenters. The van der Waals surface area contributed by atoms with Crippen LogP contribution >= 0.6 is 0 Å². The first-order valence-corrected chi connectivity index (χ1v) is 8.00. The Kier molecular flexibility index (Phi) is 7.91. The summed E-state index contributed by atoms with van der Waals surface area (Å²) in [5.74, 6) is -1.68. The Morgan fingerprint density at radius 2 is 1.62 bits per heavy atom. The Hall–Kier alpha value is -2.10. The number of carboxylic acid groups (broad SMARTS) is 1. The lowest BCUT2D eigenvalue weighted by atomic mass is 9.87. The van der Waals surface area contributed by atoms with E-state index in [2.05, 4.69) is 6.58 Å². The summed E-state index contributed by atoms with van der Waals surface area (Å²) in [7, 11) is 0. The molecular weight excluding hydrogens is 304 g/mol. The van der Waals surface area contributed by atoms with E-state index < -0.39 is 17.5 Å². The Labute approximate surface area is 145 Å². The van der Waals surface area contributed by atoms with Crippen molar-refractivity contribution in [3.8, 4) is 0 Å². The monoisotopic (exact) mass is 334 g/mol. The molecule has 0 aliphatic carbocycles. The molecule has 4 heteroatoms. The standard InChI is InChI=1S/C20H30O4/c1-9-10-11-20(14(2)3,13-15(4)17(21)22)24-18(23)16(5)12-19(6,7)8/h9-14H,1H2,2-8H3,(H,21,22). The third kappa shape index (κ3) is 6.99. The van der Waals surface area contributed by atoms with E-state index in [4.69, 9.17) is 4.74 Å². The molecule has 4 nitrogen and oxygen atoms in total. The zero-order chi connectivity index (χ0) is 19.1. The van der Waals surface area contributed by atoms with Gasteiger partial charge in [0.05, 0.1) is 0 Å². The maximum absolute atomic E-state index is 12.5. The van der Waals surface area contributed by atoms with Gasteiger partial charge >= 0.3 is 11.9 Å². The smallest absolute Gasteiger partial charge is 0.334 e. The molecule has 0 fully saturated rings. The highest BCUT2D eigenvalue weighted by atomic mass is 16.6. The largest absolute Gasteiger partial charge is 0.478 e. The lowest BCUT2D eigenvalue weighted by Gasteiger charge is -2.32. The average Bonchev–Trinajstić information content (AvgIpc) is 2.42. The van der Waals surface area contributed by atoms with Crippen LogP contribution in [0.5, 0.6) is 0 Å². The number of allylic oxidation sites excluding steroid dienone is 3. The predicted molar refractivity (Wildman–Crippen MR) is 97.6 cm³/mol. The zero-order valence-corrected chi connectivity index (χ0v) is 15.8. The molecule has 0 heterocycles. The third-order valence-electron chi connectivity index (χ3n) is 3.42. The van der Waals surface area contributed by atoms with Crippen molar-refractivity contribution in [3.63, 3.8) is 0 Å². The van der Waals surface area contributed by atoms with Crippen molar-refractivity contribution >= 4 is 11.9 Å². The summed E-state index contributed by atoms with van der Waals surface area (Å²) >= 11 is 0. The molecule has 0 spiro atoms. The van der Waals surface area contributed by atoms with Crippen molar-refractivity contribution in [3.05, 3.63) is 48.1 Å². The highest BCUT2D eigenvalue weighted by Crippen LogP contribution is 2.29. The predicted octanol–water partition coefficient (Wildman–Crippen LogP) is 4.69. The van der Waals surface area contributed by atoms with Crippen LogP contribution in [0.1, 0.15) is 48.5 Å². The Morgan fingerprint density at radius 1 is 1.08 bits per heavy atom.